The number of hydrogen-bond acceptors (Lipinski definition) is 4. The average molecular weight is 300 g/mol. The van der Waals surface area contributed by atoms with Crippen molar-refractivity contribution < 1.29 is 32.8 Å². The molecule has 0 bridgehead atoms. The Morgan fingerprint density at radius 1 is 1.00 bits per heavy atom. The highest BCUT2D eigenvalue weighted by Crippen LogP contribution is 2.40. The average Bonchev–Trinajstić information content (AvgIpc) is 2.35. The number of hydrogen-bond donors (Lipinski definition) is 3. The molecule has 0 saturated heterocycles. The van der Waals surface area contributed by atoms with Crippen LogP contribution < -0.4 is 0 Å². The van der Waals surface area contributed by atoms with Gasteiger partial charge in [-0.25, -0.2) is 0 Å². The van der Waals surface area contributed by atoms with Gasteiger partial charge in [0, 0.05) is 0 Å². The SMILES string of the molecule is O=C(O)C1CCC(C(=O)O)c2cc(S(=O)(=O)O)ccc21. The zero-order valence-electron chi connectivity index (χ0n) is 10.2. The number of aliphatic carboxylic acids is 2. The Bertz CT molecular complexity index is 677. The Hall–Kier alpha value is -1.93. The minimum Gasteiger partial charge on any atom is -0.481 e. The first-order valence-electron chi connectivity index (χ1n) is 5.78. The molecule has 1 aliphatic carbocycles. The summed E-state index contributed by atoms with van der Waals surface area (Å²) in [5.74, 6) is -4.07. The van der Waals surface area contributed by atoms with Gasteiger partial charge in [-0.2, -0.15) is 8.42 Å². The zero-order chi connectivity index (χ0) is 15.1. The number of benzene rings is 1. The second kappa shape index (κ2) is 4.88. The van der Waals surface area contributed by atoms with Crippen molar-refractivity contribution in [3.8, 4) is 0 Å². The van der Waals surface area contributed by atoms with Crippen molar-refractivity contribution in [2.45, 2.75) is 29.6 Å². The summed E-state index contributed by atoms with van der Waals surface area (Å²) in [6.07, 6.45) is 0.277. The minimum atomic E-state index is -4.46. The third kappa shape index (κ3) is 2.52. The molecular formula is C12H12O7S. The zero-order valence-corrected chi connectivity index (χ0v) is 11.0. The highest BCUT2D eigenvalue weighted by molar-refractivity contribution is 7.85. The molecule has 0 spiro atoms. The number of carboxylic acids is 2. The number of carboxylic acid groups (broad SMARTS) is 2. The highest BCUT2D eigenvalue weighted by Gasteiger charge is 2.35. The number of fused-ring (bicyclic) bond motifs is 1. The second-order valence-corrected chi connectivity index (χ2v) is 6.05. The van der Waals surface area contributed by atoms with Gasteiger partial charge in [-0.3, -0.25) is 14.1 Å². The van der Waals surface area contributed by atoms with E-state index in [0.717, 1.165) is 12.1 Å². The molecule has 2 unspecified atom stereocenters. The lowest BCUT2D eigenvalue weighted by molar-refractivity contribution is -0.142. The van der Waals surface area contributed by atoms with E-state index in [0.29, 0.717) is 0 Å². The second-order valence-electron chi connectivity index (χ2n) is 4.62. The van der Waals surface area contributed by atoms with Crippen LogP contribution in [0.25, 0.3) is 0 Å². The fourth-order valence-corrected chi connectivity index (χ4v) is 3.01. The van der Waals surface area contributed by atoms with Crippen molar-refractivity contribution in [1.82, 2.24) is 0 Å². The molecular weight excluding hydrogens is 288 g/mol. The van der Waals surface area contributed by atoms with Crippen LogP contribution in [-0.2, 0) is 19.7 Å². The van der Waals surface area contributed by atoms with E-state index in [1.54, 1.807) is 0 Å². The molecule has 2 rings (SSSR count). The number of carbonyl (C=O) groups is 2. The maximum Gasteiger partial charge on any atom is 0.310 e. The van der Waals surface area contributed by atoms with E-state index in [2.05, 4.69) is 0 Å². The van der Waals surface area contributed by atoms with Crippen molar-refractivity contribution in [1.29, 1.82) is 0 Å². The molecule has 20 heavy (non-hydrogen) atoms. The molecule has 0 saturated carbocycles. The summed E-state index contributed by atoms with van der Waals surface area (Å²) in [4.78, 5) is 21.9. The van der Waals surface area contributed by atoms with Gasteiger partial charge < -0.3 is 10.2 Å². The Morgan fingerprint density at radius 2 is 1.50 bits per heavy atom. The van der Waals surface area contributed by atoms with Gasteiger partial charge >= 0.3 is 11.9 Å². The van der Waals surface area contributed by atoms with Crippen molar-refractivity contribution >= 4 is 22.1 Å². The maximum atomic E-state index is 11.2. The third-order valence-electron chi connectivity index (χ3n) is 3.45. The minimum absolute atomic E-state index is 0.105. The first-order chi connectivity index (χ1) is 9.21. The standard InChI is InChI=1S/C12H12O7S/c13-11(14)8-3-4-9(12(15)16)10-5-6(20(17,18)19)1-2-7(8)10/h1-2,5,8-9H,3-4H2,(H,13,14)(H,15,16)(H,17,18,19). The van der Waals surface area contributed by atoms with Gasteiger partial charge in [-0.15, -0.1) is 0 Å². The first kappa shape index (κ1) is 14.5. The van der Waals surface area contributed by atoms with Crippen LogP contribution >= 0.6 is 0 Å². The summed E-state index contributed by atoms with van der Waals surface area (Å²) in [5.41, 5.74) is 0.412. The summed E-state index contributed by atoms with van der Waals surface area (Å²) < 4.78 is 31.2. The van der Waals surface area contributed by atoms with Gasteiger partial charge in [0.1, 0.15) is 0 Å². The molecule has 0 fully saturated rings. The highest BCUT2D eigenvalue weighted by atomic mass is 32.2. The third-order valence-corrected chi connectivity index (χ3v) is 4.30. The van der Waals surface area contributed by atoms with Gasteiger partial charge in [0.15, 0.2) is 0 Å². The van der Waals surface area contributed by atoms with Crippen molar-refractivity contribution in [3.63, 3.8) is 0 Å². The van der Waals surface area contributed by atoms with Crippen molar-refractivity contribution in [2.75, 3.05) is 0 Å². The van der Waals surface area contributed by atoms with Gasteiger partial charge in [-0.1, -0.05) is 6.07 Å². The van der Waals surface area contributed by atoms with Crippen molar-refractivity contribution in [2.24, 2.45) is 0 Å². The largest absolute Gasteiger partial charge is 0.481 e. The van der Waals surface area contributed by atoms with Gasteiger partial charge in [0.2, 0.25) is 0 Å². The Balaban J connectivity index is 2.63. The van der Waals surface area contributed by atoms with Gasteiger partial charge in [0.25, 0.3) is 10.1 Å². The molecule has 1 aliphatic rings. The molecule has 0 radical (unpaired) electrons. The van der Waals surface area contributed by atoms with E-state index in [4.69, 9.17) is 14.8 Å². The fraction of sp³-hybridized carbons (Fsp3) is 0.333. The quantitative estimate of drug-likeness (QED) is 0.712. The lowest BCUT2D eigenvalue weighted by Crippen LogP contribution is -2.25. The van der Waals surface area contributed by atoms with Gasteiger partial charge in [-0.05, 0) is 36.1 Å². The molecule has 0 aromatic heterocycles. The smallest absolute Gasteiger partial charge is 0.310 e. The van der Waals surface area contributed by atoms with E-state index < -0.39 is 38.8 Å². The van der Waals surface area contributed by atoms with E-state index in [1.807, 2.05) is 0 Å². The van der Waals surface area contributed by atoms with Crippen molar-refractivity contribution in [3.05, 3.63) is 29.3 Å². The molecule has 0 heterocycles. The summed E-state index contributed by atoms with van der Waals surface area (Å²) >= 11 is 0. The fourth-order valence-electron chi connectivity index (χ4n) is 2.49. The predicted octanol–water partition coefficient (Wildman–Crippen LogP) is 1.06. The molecule has 1 aromatic carbocycles. The molecule has 108 valence electrons. The molecule has 0 amide bonds. The Labute approximate surface area is 114 Å². The van der Waals surface area contributed by atoms with Crippen LogP contribution in [0.5, 0.6) is 0 Å². The lowest BCUT2D eigenvalue weighted by atomic mass is 9.76. The molecule has 0 aliphatic heterocycles. The Kier molecular flexibility index (Phi) is 3.53. The van der Waals surface area contributed by atoms with Crippen LogP contribution in [0.1, 0.15) is 35.8 Å². The van der Waals surface area contributed by atoms with E-state index >= 15 is 0 Å². The van der Waals surface area contributed by atoms with Crippen LogP contribution in [0.15, 0.2) is 23.1 Å². The lowest BCUT2D eigenvalue weighted by Gasteiger charge is -2.27. The topological polar surface area (TPSA) is 129 Å². The van der Waals surface area contributed by atoms with E-state index in [9.17, 15) is 18.0 Å². The first-order valence-corrected chi connectivity index (χ1v) is 7.22. The van der Waals surface area contributed by atoms with Gasteiger partial charge in [0.05, 0.1) is 16.7 Å². The summed E-state index contributed by atoms with van der Waals surface area (Å²) in [7, 11) is -4.46. The predicted molar refractivity (Wildman–Crippen MR) is 66.2 cm³/mol. The van der Waals surface area contributed by atoms with Crippen LogP contribution in [0.3, 0.4) is 0 Å². The molecule has 8 heteroatoms. The summed E-state index contributed by atoms with van der Waals surface area (Å²) in [6.45, 7) is 0. The van der Waals surface area contributed by atoms with E-state index in [1.165, 1.54) is 6.07 Å². The summed E-state index contributed by atoms with van der Waals surface area (Å²) in [6, 6.07) is 3.37. The molecule has 3 N–H and O–H groups in total. The molecule has 7 nitrogen and oxygen atoms in total. The normalized spacial score (nSPS) is 22.1. The molecule has 1 aromatic rings. The molecule has 2 atom stereocenters. The Morgan fingerprint density at radius 3 is 1.95 bits per heavy atom. The number of rotatable bonds is 3. The summed E-state index contributed by atoms with van der Waals surface area (Å²) in [5, 5.41) is 18.3. The van der Waals surface area contributed by atoms with E-state index in [-0.39, 0.29) is 24.0 Å². The van der Waals surface area contributed by atoms with Crippen LogP contribution in [0, 0.1) is 0 Å². The monoisotopic (exact) mass is 300 g/mol. The van der Waals surface area contributed by atoms with Crippen LogP contribution in [0.2, 0.25) is 0 Å². The van der Waals surface area contributed by atoms with Crippen LogP contribution in [-0.4, -0.2) is 35.1 Å². The van der Waals surface area contributed by atoms with Crippen LogP contribution in [0.4, 0.5) is 0 Å². The maximum absolute atomic E-state index is 11.2.